The molecule has 0 aromatic heterocycles. The molecule has 0 saturated carbocycles. The van der Waals surface area contributed by atoms with Crippen molar-refractivity contribution in [1.82, 2.24) is 0 Å². The largest absolute Gasteiger partial charge is 0.251 e. The highest BCUT2D eigenvalue weighted by molar-refractivity contribution is 4.17. The molecule has 0 rings (SSSR count). The number of rotatable bonds is 0. The third-order valence-electron chi connectivity index (χ3n) is 0. The summed E-state index contributed by atoms with van der Waals surface area (Å²) in [7, 11) is 0. The van der Waals surface area contributed by atoms with E-state index in [-0.39, 0.29) is 7.43 Å². The quantitative estimate of drug-likeness (QED) is 0.396. The molecular weight excluding hydrogens is 55.0 g/mol. The molecule has 0 atom stereocenters. The number of hydrogen-bond donors (Lipinski definition) is 0. The van der Waals surface area contributed by atoms with Crippen LogP contribution in [0.3, 0.4) is 0 Å². The number of alkyl halides is 1. The third kappa shape index (κ3) is 341. The SMILES string of the molecule is [CH2]CF.[CH3]. The van der Waals surface area contributed by atoms with E-state index < -0.39 is 6.67 Å². The molecule has 0 unspecified atom stereocenters. The van der Waals surface area contributed by atoms with Gasteiger partial charge in [0, 0.05) is 0 Å². The van der Waals surface area contributed by atoms with Crippen LogP contribution in [0.4, 0.5) is 4.39 Å². The van der Waals surface area contributed by atoms with Crippen LogP contribution >= 0.6 is 0 Å². The van der Waals surface area contributed by atoms with Gasteiger partial charge in [0.05, 0.1) is 6.67 Å². The standard InChI is InChI=1S/C2H4F.CH3/c1-2-3;/h1-2H2;1H3. The molecule has 0 nitrogen and oxygen atoms in total. The van der Waals surface area contributed by atoms with Crippen LogP contribution in [-0.2, 0) is 0 Å². The molecule has 0 amide bonds. The van der Waals surface area contributed by atoms with Gasteiger partial charge in [-0.1, -0.05) is 7.43 Å². The van der Waals surface area contributed by atoms with Gasteiger partial charge in [-0.3, -0.25) is 4.39 Å². The second-order valence-corrected chi connectivity index (χ2v) is 0.189. The Morgan fingerprint density at radius 2 is 1.75 bits per heavy atom. The lowest BCUT2D eigenvalue weighted by Gasteiger charge is -1.45. The predicted molar refractivity (Wildman–Crippen MR) is 17.7 cm³/mol. The fourth-order valence-electron chi connectivity index (χ4n) is 0. The maximum Gasteiger partial charge on any atom is 0.0895 e. The first-order valence-electron chi connectivity index (χ1n) is 0.767. The van der Waals surface area contributed by atoms with Crippen molar-refractivity contribution in [3.8, 4) is 0 Å². The molecule has 0 saturated heterocycles. The van der Waals surface area contributed by atoms with Crippen LogP contribution in [0, 0.1) is 14.4 Å². The lowest BCUT2D eigenvalue weighted by Crippen LogP contribution is -1.42. The van der Waals surface area contributed by atoms with Crippen LogP contribution in [-0.4, -0.2) is 6.67 Å². The van der Waals surface area contributed by atoms with Gasteiger partial charge in [-0.2, -0.15) is 0 Å². The van der Waals surface area contributed by atoms with Crippen molar-refractivity contribution in [2.45, 2.75) is 0 Å². The van der Waals surface area contributed by atoms with Gasteiger partial charge in [0.25, 0.3) is 0 Å². The maximum absolute atomic E-state index is 10.2. The van der Waals surface area contributed by atoms with E-state index in [1.807, 2.05) is 0 Å². The molecule has 26 valence electrons. The van der Waals surface area contributed by atoms with E-state index in [9.17, 15) is 4.39 Å². The summed E-state index contributed by atoms with van der Waals surface area (Å²) in [6.45, 7) is 2.32. The molecular formula is C3H7F. The summed E-state index contributed by atoms with van der Waals surface area (Å²) in [5, 5.41) is 0. The van der Waals surface area contributed by atoms with E-state index in [0.29, 0.717) is 0 Å². The fraction of sp³-hybridized carbons (Fsp3) is 0.333. The monoisotopic (exact) mass is 62.1 g/mol. The highest BCUT2D eigenvalue weighted by atomic mass is 19.1. The minimum atomic E-state index is -0.500. The first kappa shape index (κ1) is 9.06. The highest BCUT2D eigenvalue weighted by Crippen LogP contribution is 1.47. The van der Waals surface area contributed by atoms with E-state index >= 15 is 0 Å². The average molecular weight is 62.1 g/mol. The van der Waals surface area contributed by atoms with E-state index in [1.54, 1.807) is 0 Å². The lowest BCUT2D eigenvalue weighted by atomic mass is 10.9. The Kier molecular flexibility index (Phi) is 28.6. The van der Waals surface area contributed by atoms with E-state index in [4.69, 9.17) is 0 Å². The minimum absolute atomic E-state index is 0. The molecule has 0 aliphatic rings. The minimum Gasteiger partial charge on any atom is -0.251 e. The molecule has 4 heavy (non-hydrogen) atoms. The number of halogens is 1. The third-order valence-corrected chi connectivity index (χ3v) is 0. The van der Waals surface area contributed by atoms with Crippen molar-refractivity contribution in [2.24, 2.45) is 0 Å². The van der Waals surface area contributed by atoms with Gasteiger partial charge in [-0.25, -0.2) is 0 Å². The van der Waals surface area contributed by atoms with Crippen LogP contribution in [0.2, 0.25) is 0 Å². The predicted octanol–water partition coefficient (Wildman–Crippen LogP) is 1.24. The van der Waals surface area contributed by atoms with Gasteiger partial charge in [0.1, 0.15) is 0 Å². The van der Waals surface area contributed by atoms with Gasteiger partial charge in [-0.15, -0.1) is 0 Å². The summed E-state index contributed by atoms with van der Waals surface area (Å²) in [6.07, 6.45) is 0. The molecule has 0 heterocycles. The van der Waals surface area contributed by atoms with Crippen molar-refractivity contribution in [2.75, 3.05) is 6.67 Å². The Morgan fingerprint density at radius 3 is 1.75 bits per heavy atom. The fourth-order valence-corrected chi connectivity index (χ4v) is 0. The molecule has 0 spiro atoms. The Labute approximate surface area is 26.6 Å². The molecule has 0 aromatic carbocycles. The second kappa shape index (κ2) is 12.6. The zero-order valence-corrected chi connectivity index (χ0v) is 2.79. The van der Waals surface area contributed by atoms with E-state index in [1.165, 1.54) is 0 Å². The molecule has 0 fully saturated rings. The molecule has 0 bridgehead atoms. The lowest BCUT2D eigenvalue weighted by molar-refractivity contribution is 0.559. The van der Waals surface area contributed by atoms with Crippen LogP contribution in [0.15, 0.2) is 0 Å². The molecule has 0 N–H and O–H groups in total. The summed E-state index contributed by atoms with van der Waals surface area (Å²) in [4.78, 5) is 0. The van der Waals surface area contributed by atoms with Gasteiger partial charge < -0.3 is 0 Å². The van der Waals surface area contributed by atoms with Crippen molar-refractivity contribution >= 4 is 0 Å². The Balaban J connectivity index is 0. The van der Waals surface area contributed by atoms with Gasteiger partial charge in [-0.05, 0) is 6.92 Å². The van der Waals surface area contributed by atoms with Crippen LogP contribution in [0.25, 0.3) is 0 Å². The molecule has 1 heteroatoms. The van der Waals surface area contributed by atoms with Crippen molar-refractivity contribution in [3.05, 3.63) is 14.4 Å². The van der Waals surface area contributed by atoms with Crippen LogP contribution in [0.5, 0.6) is 0 Å². The molecule has 2 radical (unpaired) electrons. The van der Waals surface area contributed by atoms with Crippen molar-refractivity contribution in [3.63, 3.8) is 0 Å². The molecule has 0 aromatic rings. The Hall–Kier alpha value is -0.0700. The van der Waals surface area contributed by atoms with Gasteiger partial charge >= 0.3 is 0 Å². The van der Waals surface area contributed by atoms with E-state index in [0.717, 1.165) is 0 Å². The molecule has 0 aliphatic carbocycles. The van der Waals surface area contributed by atoms with Crippen LogP contribution < -0.4 is 0 Å². The summed E-state index contributed by atoms with van der Waals surface area (Å²) in [5.41, 5.74) is 0. The normalized spacial score (nSPS) is 4.50. The first-order chi connectivity index (χ1) is 1.41. The average Bonchev–Trinajstić information content (AvgIpc) is 0.918. The second-order valence-electron chi connectivity index (χ2n) is 0.189. The Bertz CT molecular complexity index is 3.25. The first-order valence-corrected chi connectivity index (χ1v) is 0.767. The Morgan fingerprint density at radius 1 is 1.75 bits per heavy atom. The maximum atomic E-state index is 10.2. The zero-order valence-electron chi connectivity index (χ0n) is 2.79. The molecule has 0 aliphatic heterocycles. The van der Waals surface area contributed by atoms with Gasteiger partial charge in [0.15, 0.2) is 0 Å². The van der Waals surface area contributed by atoms with Crippen LogP contribution in [0.1, 0.15) is 0 Å². The number of hydrogen-bond acceptors (Lipinski definition) is 0. The summed E-state index contributed by atoms with van der Waals surface area (Å²) in [6, 6.07) is 0. The summed E-state index contributed by atoms with van der Waals surface area (Å²) in [5.74, 6) is 0. The summed E-state index contributed by atoms with van der Waals surface area (Å²) >= 11 is 0. The van der Waals surface area contributed by atoms with E-state index in [2.05, 4.69) is 6.92 Å². The van der Waals surface area contributed by atoms with Crippen molar-refractivity contribution in [1.29, 1.82) is 0 Å². The summed E-state index contributed by atoms with van der Waals surface area (Å²) < 4.78 is 10.2. The smallest absolute Gasteiger partial charge is 0.0895 e. The van der Waals surface area contributed by atoms with Gasteiger partial charge in [0.2, 0.25) is 0 Å². The highest BCUT2D eigenvalue weighted by Gasteiger charge is 1.40. The van der Waals surface area contributed by atoms with Crippen molar-refractivity contribution < 1.29 is 4.39 Å². The zero-order chi connectivity index (χ0) is 2.71. The topological polar surface area (TPSA) is 0 Å².